The van der Waals surface area contributed by atoms with Crippen LogP contribution in [0.15, 0.2) is 0 Å². The summed E-state index contributed by atoms with van der Waals surface area (Å²) < 4.78 is 10.6. The first-order valence-electron chi connectivity index (χ1n) is 6.46. The predicted octanol–water partition coefficient (Wildman–Crippen LogP) is 0.153. The molecule has 0 aromatic rings. The third-order valence-corrected chi connectivity index (χ3v) is 2.22. The van der Waals surface area contributed by atoms with Gasteiger partial charge >= 0.3 is 0 Å². The summed E-state index contributed by atoms with van der Waals surface area (Å²) in [7, 11) is 0. The molecule has 0 fully saturated rings. The van der Waals surface area contributed by atoms with E-state index in [1.54, 1.807) is 0 Å². The molecule has 0 radical (unpaired) electrons. The lowest BCUT2D eigenvalue weighted by Gasteiger charge is -2.12. The van der Waals surface area contributed by atoms with E-state index in [2.05, 4.69) is 12.2 Å². The zero-order chi connectivity index (χ0) is 12.8. The zero-order valence-electron chi connectivity index (χ0n) is 10.9. The summed E-state index contributed by atoms with van der Waals surface area (Å²) in [6.45, 7) is 5.73. The van der Waals surface area contributed by atoms with Crippen molar-refractivity contribution in [1.29, 1.82) is 0 Å². The van der Waals surface area contributed by atoms with E-state index in [0.717, 1.165) is 19.4 Å². The van der Waals surface area contributed by atoms with E-state index in [0.29, 0.717) is 39.3 Å². The van der Waals surface area contributed by atoms with Crippen molar-refractivity contribution in [2.24, 2.45) is 0 Å². The normalized spacial score (nSPS) is 12.9. The van der Waals surface area contributed by atoms with Gasteiger partial charge in [-0.05, 0) is 19.4 Å². The zero-order valence-corrected chi connectivity index (χ0v) is 10.9. The molecule has 0 heterocycles. The van der Waals surface area contributed by atoms with Gasteiger partial charge in [0.25, 0.3) is 0 Å². The Labute approximate surface area is 104 Å². The van der Waals surface area contributed by atoms with Crippen molar-refractivity contribution in [2.75, 3.05) is 46.1 Å². The molecule has 0 rings (SSSR count). The first-order chi connectivity index (χ1) is 8.31. The smallest absolute Gasteiger partial charge is 0.0897 e. The van der Waals surface area contributed by atoms with Crippen LogP contribution in [0.25, 0.3) is 0 Å². The fourth-order valence-electron chi connectivity index (χ4n) is 1.22. The summed E-state index contributed by atoms with van der Waals surface area (Å²) in [6.07, 6.45) is 2.43. The second-order valence-electron chi connectivity index (χ2n) is 3.98. The molecule has 3 N–H and O–H groups in total. The highest BCUT2D eigenvalue weighted by Crippen LogP contribution is 1.89. The number of hydrogen-bond acceptors (Lipinski definition) is 5. The average Bonchev–Trinajstić information content (AvgIpc) is 2.33. The Morgan fingerprint density at radius 1 is 1.12 bits per heavy atom. The fourth-order valence-corrected chi connectivity index (χ4v) is 1.22. The summed E-state index contributed by atoms with van der Waals surface area (Å²) in [6, 6.07) is 0. The highest BCUT2D eigenvalue weighted by molar-refractivity contribution is 4.58. The highest BCUT2D eigenvalue weighted by Gasteiger charge is 2.02. The van der Waals surface area contributed by atoms with Crippen LogP contribution < -0.4 is 5.32 Å². The first kappa shape index (κ1) is 16.8. The lowest BCUT2D eigenvalue weighted by Crippen LogP contribution is -2.31. The number of unbranched alkanes of at least 4 members (excludes halogenated alkanes) is 1. The van der Waals surface area contributed by atoms with Crippen molar-refractivity contribution >= 4 is 0 Å². The average molecular weight is 249 g/mol. The maximum absolute atomic E-state index is 9.50. The van der Waals surface area contributed by atoms with Gasteiger partial charge in [0.2, 0.25) is 0 Å². The third kappa shape index (κ3) is 13.7. The van der Waals surface area contributed by atoms with Gasteiger partial charge < -0.3 is 25.0 Å². The Morgan fingerprint density at radius 2 is 1.88 bits per heavy atom. The molecule has 0 saturated carbocycles. The van der Waals surface area contributed by atoms with Crippen LogP contribution in [0.4, 0.5) is 0 Å². The van der Waals surface area contributed by atoms with Gasteiger partial charge in [-0.2, -0.15) is 0 Å². The molecule has 0 aliphatic carbocycles. The van der Waals surface area contributed by atoms with Crippen molar-refractivity contribution in [3.63, 3.8) is 0 Å². The molecular formula is C12H27NO4. The molecule has 0 amide bonds. The molecule has 0 aliphatic rings. The van der Waals surface area contributed by atoms with Crippen LogP contribution in [0.3, 0.4) is 0 Å². The van der Waals surface area contributed by atoms with Crippen LogP contribution in [0.2, 0.25) is 0 Å². The van der Waals surface area contributed by atoms with Gasteiger partial charge in [0.05, 0.1) is 25.9 Å². The number of hydrogen-bond donors (Lipinski definition) is 3. The van der Waals surface area contributed by atoms with E-state index in [-0.39, 0.29) is 6.61 Å². The van der Waals surface area contributed by atoms with Crippen LogP contribution in [-0.2, 0) is 9.47 Å². The van der Waals surface area contributed by atoms with Gasteiger partial charge in [-0.1, -0.05) is 13.3 Å². The SMILES string of the molecule is CCCCOCCOCC(O)CNCCCO. The van der Waals surface area contributed by atoms with Crippen LogP contribution >= 0.6 is 0 Å². The number of ether oxygens (including phenoxy) is 2. The molecule has 0 aromatic heterocycles. The summed E-state index contributed by atoms with van der Waals surface area (Å²) in [5, 5.41) is 21.1. The molecule has 0 bridgehead atoms. The molecular weight excluding hydrogens is 222 g/mol. The number of aliphatic hydroxyl groups excluding tert-OH is 2. The molecule has 1 atom stereocenters. The van der Waals surface area contributed by atoms with E-state index in [1.807, 2.05) is 0 Å². The molecule has 5 nitrogen and oxygen atoms in total. The summed E-state index contributed by atoms with van der Waals surface area (Å²) >= 11 is 0. The number of aliphatic hydroxyl groups is 2. The second-order valence-corrected chi connectivity index (χ2v) is 3.98. The van der Waals surface area contributed by atoms with Gasteiger partial charge in [-0.15, -0.1) is 0 Å². The quantitative estimate of drug-likeness (QED) is 0.405. The number of rotatable bonds is 13. The van der Waals surface area contributed by atoms with E-state index < -0.39 is 6.10 Å². The monoisotopic (exact) mass is 249 g/mol. The van der Waals surface area contributed by atoms with E-state index >= 15 is 0 Å². The van der Waals surface area contributed by atoms with Crippen molar-refractivity contribution < 1.29 is 19.7 Å². The van der Waals surface area contributed by atoms with Gasteiger partial charge in [-0.3, -0.25) is 0 Å². The van der Waals surface area contributed by atoms with Crippen LogP contribution in [-0.4, -0.2) is 62.4 Å². The predicted molar refractivity (Wildman–Crippen MR) is 67.1 cm³/mol. The summed E-state index contributed by atoms with van der Waals surface area (Å²) in [4.78, 5) is 0. The van der Waals surface area contributed by atoms with Crippen molar-refractivity contribution in [3.05, 3.63) is 0 Å². The summed E-state index contributed by atoms with van der Waals surface area (Å²) in [5.41, 5.74) is 0. The largest absolute Gasteiger partial charge is 0.396 e. The Hall–Kier alpha value is -0.200. The number of nitrogens with one attached hydrogen (secondary N) is 1. The van der Waals surface area contributed by atoms with Gasteiger partial charge in [0.15, 0.2) is 0 Å². The Bertz CT molecular complexity index is 146. The Balaban J connectivity index is 3.08. The summed E-state index contributed by atoms with van der Waals surface area (Å²) in [5.74, 6) is 0. The Morgan fingerprint density at radius 3 is 2.59 bits per heavy atom. The minimum atomic E-state index is -0.496. The second kappa shape index (κ2) is 13.9. The van der Waals surface area contributed by atoms with Gasteiger partial charge in [-0.25, -0.2) is 0 Å². The van der Waals surface area contributed by atoms with E-state index in [1.165, 1.54) is 0 Å². The standard InChI is InChI=1S/C12H27NO4/c1-2-3-7-16-8-9-17-11-12(15)10-13-5-4-6-14/h12-15H,2-11H2,1H3. The molecule has 1 unspecified atom stereocenters. The minimum absolute atomic E-state index is 0.175. The van der Waals surface area contributed by atoms with Crippen molar-refractivity contribution in [1.82, 2.24) is 5.32 Å². The van der Waals surface area contributed by atoms with E-state index in [9.17, 15) is 5.11 Å². The topological polar surface area (TPSA) is 71.0 Å². The Kier molecular flexibility index (Phi) is 13.7. The molecule has 0 spiro atoms. The van der Waals surface area contributed by atoms with Crippen molar-refractivity contribution in [3.8, 4) is 0 Å². The molecule has 0 saturated heterocycles. The highest BCUT2D eigenvalue weighted by atomic mass is 16.5. The fraction of sp³-hybridized carbons (Fsp3) is 1.00. The molecule has 0 aromatic carbocycles. The van der Waals surface area contributed by atoms with Crippen LogP contribution in [0.5, 0.6) is 0 Å². The maximum Gasteiger partial charge on any atom is 0.0897 e. The lowest BCUT2D eigenvalue weighted by atomic mass is 10.3. The lowest BCUT2D eigenvalue weighted by molar-refractivity contribution is 0.00391. The minimum Gasteiger partial charge on any atom is -0.396 e. The van der Waals surface area contributed by atoms with Gasteiger partial charge in [0.1, 0.15) is 0 Å². The molecule has 5 heteroatoms. The van der Waals surface area contributed by atoms with Crippen LogP contribution in [0.1, 0.15) is 26.2 Å². The molecule has 0 aliphatic heterocycles. The molecule has 17 heavy (non-hydrogen) atoms. The molecule has 104 valence electrons. The van der Waals surface area contributed by atoms with Crippen molar-refractivity contribution in [2.45, 2.75) is 32.3 Å². The van der Waals surface area contributed by atoms with E-state index in [4.69, 9.17) is 14.6 Å². The maximum atomic E-state index is 9.50. The first-order valence-corrected chi connectivity index (χ1v) is 6.46. The van der Waals surface area contributed by atoms with Gasteiger partial charge in [0, 0.05) is 19.8 Å². The third-order valence-electron chi connectivity index (χ3n) is 2.22. The van der Waals surface area contributed by atoms with Crippen LogP contribution in [0, 0.1) is 0 Å².